The number of ether oxygens (including phenoxy) is 1. The largest absolute Gasteiger partial charge is 0.484 e. The first-order valence-corrected chi connectivity index (χ1v) is 7.01. The Hall–Kier alpha value is -2.39. The van der Waals surface area contributed by atoms with Crippen LogP contribution in [0.25, 0.3) is 0 Å². The Bertz CT molecular complexity index is 702. The van der Waals surface area contributed by atoms with E-state index in [1.807, 2.05) is 13.8 Å². The van der Waals surface area contributed by atoms with Gasteiger partial charge in [-0.2, -0.15) is 5.26 Å². The van der Waals surface area contributed by atoms with Gasteiger partial charge in [0.05, 0.1) is 5.56 Å². The number of halogens is 1. The number of carbonyl (C=O) groups excluding carboxylic acids is 1. The first-order valence-electron chi connectivity index (χ1n) is 6.19. The van der Waals surface area contributed by atoms with E-state index in [0.717, 1.165) is 10.4 Å². The molecule has 1 aromatic heterocycles. The van der Waals surface area contributed by atoms with Crippen LogP contribution in [0.5, 0.6) is 5.75 Å². The number of anilines is 1. The van der Waals surface area contributed by atoms with Crippen LogP contribution < -0.4 is 10.1 Å². The van der Waals surface area contributed by atoms with E-state index in [9.17, 15) is 9.18 Å². The van der Waals surface area contributed by atoms with Crippen LogP contribution in [0.4, 0.5) is 9.39 Å². The average Bonchev–Trinajstić information content (AvgIpc) is 2.72. The van der Waals surface area contributed by atoms with Gasteiger partial charge in [0.2, 0.25) is 0 Å². The molecule has 0 aliphatic rings. The normalized spacial score (nSPS) is 10.0. The van der Waals surface area contributed by atoms with E-state index in [0.29, 0.717) is 16.3 Å². The van der Waals surface area contributed by atoms with E-state index >= 15 is 0 Å². The average molecular weight is 304 g/mol. The second kappa shape index (κ2) is 6.37. The minimum Gasteiger partial charge on any atom is -0.484 e. The summed E-state index contributed by atoms with van der Waals surface area (Å²) in [5, 5.41) is 12.3. The number of carbonyl (C=O) groups is 1. The van der Waals surface area contributed by atoms with Crippen molar-refractivity contribution in [2.45, 2.75) is 13.8 Å². The van der Waals surface area contributed by atoms with Crippen molar-refractivity contribution in [3.05, 3.63) is 46.1 Å². The van der Waals surface area contributed by atoms with Crippen LogP contribution in [0.1, 0.15) is 16.0 Å². The number of nitrogens with zero attached hydrogens (tertiary/aromatic N) is 1. The van der Waals surface area contributed by atoms with Gasteiger partial charge in [-0.1, -0.05) is 0 Å². The zero-order chi connectivity index (χ0) is 15.4. The van der Waals surface area contributed by atoms with Crippen molar-refractivity contribution in [3.63, 3.8) is 0 Å². The monoisotopic (exact) mass is 304 g/mol. The Morgan fingerprint density at radius 1 is 1.38 bits per heavy atom. The summed E-state index contributed by atoms with van der Waals surface area (Å²) in [7, 11) is 0. The quantitative estimate of drug-likeness (QED) is 0.941. The molecule has 0 aliphatic carbocycles. The van der Waals surface area contributed by atoms with Gasteiger partial charge in [-0.15, -0.1) is 11.3 Å². The maximum atomic E-state index is 12.7. The topological polar surface area (TPSA) is 62.1 Å². The molecule has 0 spiro atoms. The standard InChI is InChI=1S/C15H13FN2O2S/c1-9-10(2)21-15(13(9)7-17)18-14(19)8-20-12-5-3-11(16)4-6-12/h3-6H,8H2,1-2H3,(H,18,19). The molecule has 6 heteroatoms. The summed E-state index contributed by atoms with van der Waals surface area (Å²) >= 11 is 1.36. The minimum atomic E-state index is -0.366. The number of thiophene rings is 1. The first kappa shape index (κ1) is 15.0. The molecule has 0 bridgehead atoms. The van der Waals surface area contributed by atoms with Crippen molar-refractivity contribution in [2.75, 3.05) is 11.9 Å². The molecule has 0 atom stereocenters. The predicted octanol–water partition coefficient (Wildman–Crippen LogP) is 3.39. The van der Waals surface area contributed by atoms with Crippen LogP contribution in [-0.4, -0.2) is 12.5 Å². The Labute approximate surface area is 125 Å². The fraction of sp³-hybridized carbons (Fsp3) is 0.200. The van der Waals surface area contributed by atoms with E-state index in [4.69, 9.17) is 10.00 Å². The number of amides is 1. The number of hydrogen-bond acceptors (Lipinski definition) is 4. The van der Waals surface area contributed by atoms with Crippen molar-refractivity contribution < 1.29 is 13.9 Å². The van der Waals surface area contributed by atoms with Gasteiger partial charge in [0.1, 0.15) is 22.6 Å². The molecule has 2 aromatic rings. The minimum absolute atomic E-state index is 0.202. The van der Waals surface area contributed by atoms with E-state index in [1.54, 1.807) is 0 Å². The zero-order valence-electron chi connectivity index (χ0n) is 11.6. The van der Waals surface area contributed by atoms with Crippen molar-refractivity contribution >= 4 is 22.2 Å². The maximum absolute atomic E-state index is 12.7. The molecule has 108 valence electrons. The van der Waals surface area contributed by atoms with E-state index in [1.165, 1.54) is 35.6 Å². The van der Waals surface area contributed by atoms with Crippen LogP contribution in [0.3, 0.4) is 0 Å². The molecular formula is C15H13FN2O2S. The van der Waals surface area contributed by atoms with Gasteiger partial charge in [-0.3, -0.25) is 4.79 Å². The number of benzene rings is 1. The van der Waals surface area contributed by atoms with Crippen LogP contribution in [0.15, 0.2) is 24.3 Å². The summed E-state index contributed by atoms with van der Waals surface area (Å²) in [6.07, 6.45) is 0. The summed E-state index contributed by atoms with van der Waals surface area (Å²) in [4.78, 5) is 12.8. The second-order valence-electron chi connectivity index (χ2n) is 4.39. The van der Waals surface area contributed by atoms with Crippen molar-refractivity contribution in [3.8, 4) is 11.8 Å². The van der Waals surface area contributed by atoms with Gasteiger partial charge in [0.25, 0.3) is 5.91 Å². The van der Waals surface area contributed by atoms with Gasteiger partial charge in [-0.25, -0.2) is 4.39 Å². The molecule has 0 unspecified atom stereocenters. The second-order valence-corrected chi connectivity index (χ2v) is 5.61. The van der Waals surface area contributed by atoms with Crippen LogP contribution >= 0.6 is 11.3 Å². The smallest absolute Gasteiger partial charge is 0.262 e. The highest BCUT2D eigenvalue weighted by Crippen LogP contribution is 2.31. The Balaban J connectivity index is 1.98. The molecule has 2 rings (SSSR count). The lowest BCUT2D eigenvalue weighted by Crippen LogP contribution is -2.20. The number of rotatable bonds is 4. The molecule has 0 saturated carbocycles. The van der Waals surface area contributed by atoms with Crippen molar-refractivity contribution in [2.24, 2.45) is 0 Å². The molecule has 0 saturated heterocycles. The highest BCUT2D eigenvalue weighted by molar-refractivity contribution is 7.16. The molecule has 21 heavy (non-hydrogen) atoms. The lowest BCUT2D eigenvalue weighted by atomic mass is 10.2. The number of nitriles is 1. The molecular weight excluding hydrogens is 291 g/mol. The van der Waals surface area contributed by atoms with E-state index in [-0.39, 0.29) is 18.3 Å². The summed E-state index contributed by atoms with van der Waals surface area (Å²) < 4.78 is 18.0. The fourth-order valence-electron chi connectivity index (χ4n) is 1.69. The Morgan fingerprint density at radius 2 is 2.05 bits per heavy atom. The molecule has 0 aliphatic heterocycles. The summed E-state index contributed by atoms with van der Waals surface area (Å²) in [6, 6.07) is 7.49. The summed E-state index contributed by atoms with van der Waals surface area (Å²) in [6.45, 7) is 3.53. The molecule has 1 amide bonds. The first-order chi connectivity index (χ1) is 10.0. The van der Waals surface area contributed by atoms with Gasteiger partial charge < -0.3 is 10.1 Å². The van der Waals surface area contributed by atoms with Crippen molar-refractivity contribution in [1.82, 2.24) is 0 Å². The lowest BCUT2D eigenvalue weighted by molar-refractivity contribution is -0.118. The van der Waals surface area contributed by atoms with E-state index in [2.05, 4.69) is 11.4 Å². The molecule has 4 nitrogen and oxygen atoms in total. The third kappa shape index (κ3) is 3.58. The van der Waals surface area contributed by atoms with Crippen LogP contribution in [0, 0.1) is 31.0 Å². The Kier molecular flexibility index (Phi) is 4.55. The number of hydrogen-bond donors (Lipinski definition) is 1. The number of aryl methyl sites for hydroxylation is 1. The lowest BCUT2D eigenvalue weighted by Gasteiger charge is -2.06. The third-order valence-corrected chi connectivity index (χ3v) is 4.06. The molecule has 1 N–H and O–H groups in total. The van der Waals surface area contributed by atoms with Crippen molar-refractivity contribution in [1.29, 1.82) is 5.26 Å². The van der Waals surface area contributed by atoms with Gasteiger partial charge >= 0.3 is 0 Å². The van der Waals surface area contributed by atoms with Gasteiger partial charge in [0, 0.05) is 4.88 Å². The third-order valence-electron chi connectivity index (χ3n) is 2.93. The van der Waals surface area contributed by atoms with E-state index < -0.39 is 0 Å². The number of nitrogens with one attached hydrogen (secondary N) is 1. The Morgan fingerprint density at radius 3 is 2.67 bits per heavy atom. The predicted molar refractivity (Wildman–Crippen MR) is 79.0 cm³/mol. The maximum Gasteiger partial charge on any atom is 0.262 e. The summed E-state index contributed by atoms with van der Waals surface area (Å²) in [5.41, 5.74) is 1.35. The van der Waals surface area contributed by atoms with Gasteiger partial charge in [0.15, 0.2) is 6.61 Å². The van der Waals surface area contributed by atoms with Crippen LogP contribution in [-0.2, 0) is 4.79 Å². The highest BCUT2D eigenvalue weighted by Gasteiger charge is 2.14. The zero-order valence-corrected chi connectivity index (χ0v) is 12.4. The SMILES string of the molecule is Cc1sc(NC(=O)COc2ccc(F)cc2)c(C#N)c1C. The summed E-state index contributed by atoms with van der Waals surface area (Å²) in [5.74, 6) is -0.322. The fourth-order valence-corrected chi connectivity index (χ4v) is 2.72. The van der Waals surface area contributed by atoms with Gasteiger partial charge in [-0.05, 0) is 43.7 Å². The molecule has 0 radical (unpaired) electrons. The molecule has 1 heterocycles. The highest BCUT2D eigenvalue weighted by atomic mass is 32.1. The molecule has 0 fully saturated rings. The van der Waals surface area contributed by atoms with Crippen LogP contribution in [0.2, 0.25) is 0 Å². The molecule has 1 aromatic carbocycles.